The summed E-state index contributed by atoms with van der Waals surface area (Å²) >= 11 is 9.52. The quantitative estimate of drug-likeness (QED) is 0.632. The van der Waals surface area contributed by atoms with Crippen molar-refractivity contribution in [3.63, 3.8) is 0 Å². The van der Waals surface area contributed by atoms with E-state index >= 15 is 0 Å². The maximum atomic E-state index is 13.9. The summed E-state index contributed by atoms with van der Waals surface area (Å²) in [7, 11) is 0. The molecule has 0 saturated carbocycles. The number of halogens is 3. The van der Waals surface area contributed by atoms with Crippen LogP contribution in [0.15, 0.2) is 40.9 Å². The summed E-state index contributed by atoms with van der Waals surface area (Å²) in [6, 6.07) is 10.5. The smallest absolute Gasteiger partial charge is 0.127 e. The summed E-state index contributed by atoms with van der Waals surface area (Å²) in [5.74, 6) is 5.31. The van der Waals surface area contributed by atoms with Crippen LogP contribution in [0.3, 0.4) is 0 Å². The summed E-state index contributed by atoms with van der Waals surface area (Å²) in [6.45, 7) is 2.00. The lowest BCUT2D eigenvalue weighted by Crippen LogP contribution is -2.30. The zero-order valence-corrected chi connectivity index (χ0v) is 13.3. The van der Waals surface area contributed by atoms with E-state index in [-0.39, 0.29) is 11.9 Å². The van der Waals surface area contributed by atoms with Gasteiger partial charge in [-0.3, -0.25) is 11.3 Å². The van der Waals surface area contributed by atoms with Gasteiger partial charge in [-0.2, -0.15) is 0 Å². The van der Waals surface area contributed by atoms with Gasteiger partial charge in [0, 0.05) is 15.1 Å². The van der Waals surface area contributed by atoms with Gasteiger partial charge in [0.05, 0.1) is 6.04 Å². The fourth-order valence-electron chi connectivity index (χ4n) is 2.17. The molecule has 0 amide bonds. The summed E-state index contributed by atoms with van der Waals surface area (Å²) in [4.78, 5) is 0. The molecule has 0 fully saturated rings. The van der Waals surface area contributed by atoms with Crippen LogP contribution in [0.25, 0.3) is 0 Å². The van der Waals surface area contributed by atoms with Crippen LogP contribution in [0, 0.1) is 12.7 Å². The Balaban J connectivity index is 2.33. The molecule has 1 atom stereocenters. The molecule has 106 valence electrons. The molecule has 0 aliphatic rings. The third kappa shape index (κ3) is 3.58. The molecule has 0 spiro atoms. The van der Waals surface area contributed by atoms with Crippen molar-refractivity contribution in [3.05, 3.63) is 68.4 Å². The van der Waals surface area contributed by atoms with Crippen molar-refractivity contribution in [3.8, 4) is 0 Å². The second-order valence-electron chi connectivity index (χ2n) is 4.69. The van der Waals surface area contributed by atoms with Crippen molar-refractivity contribution < 1.29 is 4.39 Å². The topological polar surface area (TPSA) is 38.0 Å². The Hall–Kier alpha value is -0.940. The molecule has 0 bridgehead atoms. The Bertz CT molecular complexity index is 578. The largest absolute Gasteiger partial charge is 0.271 e. The number of rotatable bonds is 4. The highest BCUT2D eigenvalue weighted by Crippen LogP contribution is 2.27. The van der Waals surface area contributed by atoms with Gasteiger partial charge in [-0.15, -0.1) is 0 Å². The highest BCUT2D eigenvalue weighted by molar-refractivity contribution is 9.10. The van der Waals surface area contributed by atoms with E-state index < -0.39 is 0 Å². The second kappa shape index (κ2) is 6.68. The normalized spacial score (nSPS) is 12.4. The van der Waals surface area contributed by atoms with Crippen LogP contribution >= 0.6 is 27.5 Å². The van der Waals surface area contributed by atoms with Crippen molar-refractivity contribution in [1.82, 2.24) is 5.43 Å². The highest BCUT2D eigenvalue weighted by atomic mass is 79.9. The number of hydrazine groups is 1. The minimum Gasteiger partial charge on any atom is -0.271 e. The van der Waals surface area contributed by atoms with Crippen molar-refractivity contribution in [1.29, 1.82) is 0 Å². The first-order chi connectivity index (χ1) is 9.51. The molecule has 3 N–H and O–H groups in total. The molecule has 0 aliphatic heterocycles. The van der Waals surface area contributed by atoms with Crippen molar-refractivity contribution in [2.45, 2.75) is 19.4 Å². The van der Waals surface area contributed by atoms with E-state index in [0.29, 0.717) is 17.0 Å². The second-order valence-corrected chi connectivity index (χ2v) is 6.01. The summed E-state index contributed by atoms with van der Waals surface area (Å²) < 4.78 is 14.8. The Morgan fingerprint density at radius 1 is 1.35 bits per heavy atom. The SMILES string of the molecule is Cc1cc(Br)cc(C(Cc2c(F)cccc2Cl)NN)c1. The summed E-state index contributed by atoms with van der Waals surface area (Å²) in [5, 5.41) is 0.414. The van der Waals surface area contributed by atoms with E-state index in [1.807, 2.05) is 25.1 Å². The molecule has 0 heterocycles. The van der Waals surface area contributed by atoms with Gasteiger partial charge in [0.2, 0.25) is 0 Å². The Labute approximate surface area is 131 Å². The van der Waals surface area contributed by atoms with Gasteiger partial charge in [-0.1, -0.05) is 39.7 Å². The van der Waals surface area contributed by atoms with Gasteiger partial charge in [-0.05, 0) is 48.7 Å². The van der Waals surface area contributed by atoms with Crippen LogP contribution < -0.4 is 11.3 Å². The molecule has 0 radical (unpaired) electrons. The van der Waals surface area contributed by atoms with Crippen LogP contribution in [0.5, 0.6) is 0 Å². The first-order valence-corrected chi connectivity index (χ1v) is 7.34. The zero-order valence-electron chi connectivity index (χ0n) is 11.0. The highest BCUT2D eigenvalue weighted by Gasteiger charge is 2.16. The minimum absolute atomic E-state index is 0.208. The first kappa shape index (κ1) is 15.4. The number of benzene rings is 2. The molecule has 0 aliphatic carbocycles. The average Bonchev–Trinajstić information content (AvgIpc) is 2.37. The monoisotopic (exact) mass is 356 g/mol. The lowest BCUT2D eigenvalue weighted by Gasteiger charge is -2.18. The molecular formula is C15H15BrClFN2. The van der Waals surface area contributed by atoms with E-state index in [0.717, 1.165) is 15.6 Å². The van der Waals surface area contributed by atoms with Gasteiger partial charge < -0.3 is 0 Å². The maximum Gasteiger partial charge on any atom is 0.127 e. The molecular weight excluding hydrogens is 343 g/mol. The third-order valence-electron chi connectivity index (χ3n) is 3.14. The maximum absolute atomic E-state index is 13.9. The van der Waals surface area contributed by atoms with Gasteiger partial charge in [0.15, 0.2) is 0 Å². The van der Waals surface area contributed by atoms with Crippen molar-refractivity contribution in [2.75, 3.05) is 0 Å². The lowest BCUT2D eigenvalue weighted by atomic mass is 9.98. The van der Waals surface area contributed by atoms with Crippen LogP contribution in [0.4, 0.5) is 4.39 Å². The molecule has 2 nitrogen and oxygen atoms in total. The van der Waals surface area contributed by atoms with Gasteiger partial charge >= 0.3 is 0 Å². The first-order valence-electron chi connectivity index (χ1n) is 6.17. The van der Waals surface area contributed by atoms with Crippen LogP contribution in [-0.2, 0) is 6.42 Å². The Kier molecular flexibility index (Phi) is 5.16. The fraction of sp³-hybridized carbons (Fsp3) is 0.200. The predicted octanol–water partition coefficient (Wildman–Crippen LogP) is 4.30. The minimum atomic E-state index is -0.315. The summed E-state index contributed by atoms with van der Waals surface area (Å²) in [5.41, 5.74) is 5.29. The Morgan fingerprint density at radius 2 is 2.10 bits per heavy atom. The van der Waals surface area contributed by atoms with E-state index in [1.54, 1.807) is 12.1 Å². The zero-order chi connectivity index (χ0) is 14.7. The lowest BCUT2D eigenvalue weighted by molar-refractivity contribution is 0.529. The van der Waals surface area contributed by atoms with E-state index in [4.69, 9.17) is 17.4 Å². The average molecular weight is 358 g/mol. The van der Waals surface area contributed by atoms with Crippen molar-refractivity contribution in [2.24, 2.45) is 5.84 Å². The van der Waals surface area contributed by atoms with Crippen molar-refractivity contribution >= 4 is 27.5 Å². The molecule has 20 heavy (non-hydrogen) atoms. The number of nitrogens with two attached hydrogens (primary N) is 1. The van der Waals surface area contributed by atoms with Crippen LogP contribution in [0.1, 0.15) is 22.7 Å². The van der Waals surface area contributed by atoms with Crippen LogP contribution in [-0.4, -0.2) is 0 Å². The van der Waals surface area contributed by atoms with Gasteiger partial charge in [0.25, 0.3) is 0 Å². The Morgan fingerprint density at radius 3 is 2.70 bits per heavy atom. The number of aryl methyl sites for hydroxylation is 1. The molecule has 0 saturated heterocycles. The molecule has 2 aromatic carbocycles. The van der Waals surface area contributed by atoms with Crippen LogP contribution in [0.2, 0.25) is 5.02 Å². The third-order valence-corrected chi connectivity index (χ3v) is 3.95. The number of hydrogen-bond donors (Lipinski definition) is 2. The molecule has 0 aromatic heterocycles. The standard InChI is InChI=1S/C15H15BrClFN2/c1-9-5-10(7-11(16)6-9)15(20-19)8-12-13(17)3-2-4-14(12)18/h2-7,15,20H,8,19H2,1H3. The fourth-order valence-corrected chi connectivity index (χ4v) is 3.04. The van der Waals surface area contributed by atoms with E-state index in [2.05, 4.69) is 21.4 Å². The predicted molar refractivity (Wildman–Crippen MR) is 84.1 cm³/mol. The van der Waals surface area contributed by atoms with Gasteiger partial charge in [0.1, 0.15) is 5.82 Å². The molecule has 2 rings (SSSR count). The molecule has 5 heteroatoms. The summed E-state index contributed by atoms with van der Waals surface area (Å²) in [6.07, 6.45) is 0.387. The number of nitrogens with one attached hydrogen (secondary N) is 1. The molecule has 1 unspecified atom stereocenters. The van der Waals surface area contributed by atoms with E-state index in [1.165, 1.54) is 6.07 Å². The number of hydrogen-bond acceptors (Lipinski definition) is 2. The van der Waals surface area contributed by atoms with Gasteiger partial charge in [-0.25, -0.2) is 4.39 Å². The molecule has 2 aromatic rings. The van der Waals surface area contributed by atoms with E-state index in [9.17, 15) is 4.39 Å².